The first-order chi connectivity index (χ1) is 2.41. The van der Waals surface area contributed by atoms with Crippen molar-refractivity contribution in [3.05, 3.63) is 0 Å². The molecule has 2 atom stereocenters. The lowest BCUT2D eigenvalue weighted by atomic mass is 11.8. The van der Waals surface area contributed by atoms with E-state index in [0.29, 0.717) is 8.50 Å². The summed E-state index contributed by atoms with van der Waals surface area (Å²) in [6.45, 7) is 0. The second-order valence-electron chi connectivity index (χ2n) is 0.371. The van der Waals surface area contributed by atoms with Gasteiger partial charge >= 0.3 is 0 Å². The maximum absolute atomic E-state index is 4.81. The van der Waals surface area contributed by atoms with Gasteiger partial charge in [0.1, 0.15) is 4.61 Å². The van der Waals surface area contributed by atoms with Crippen LogP contribution in [0.5, 0.6) is 0 Å². The van der Waals surface area contributed by atoms with Crippen molar-refractivity contribution in [2.75, 3.05) is 4.61 Å². The van der Waals surface area contributed by atoms with Crippen molar-refractivity contribution in [3.63, 3.8) is 0 Å². The zero-order valence-corrected chi connectivity index (χ0v) is 6.88. The Morgan fingerprint density at radius 3 is 2.60 bits per heavy atom. The molecule has 0 spiro atoms. The third-order valence-electron chi connectivity index (χ3n) is 0.138. The van der Waals surface area contributed by atoms with Crippen LogP contribution >= 0.6 is 40.0 Å². The molecule has 0 bridgehead atoms. The van der Waals surface area contributed by atoms with Crippen LogP contribution < -0.4 is 0 Å². The normalized spacial score (nSPS) is 10.8. The SMILES string of the molecule is PPOCI. The topological polar surface area (TPSA) is 9.23 Å². The fourth-order valence-electron chi connectivity index (χ4n) is 0.0315. The summed E-state index contributed by atoms with van der Waals surface area (Å²) in [7, 11) is 3.07. The van der Waals surface area contributed by atoms with E-state index in [9.17, 15) is 0 Å². The zero-order valence-electron chi connectivity index (χ0n) is 2.57. The number of hydrogen-bond donors (Lipinski definition) is 0. The number of alkyl halides is 1. The van der Waals surface area contributed by atoms with Gasteiger partial charge in [-0.15, -0.1) is 0 Å². The zero-order chi connectivity index (χ0) is 4.12. The number of halogens is 1. The van der Waals surface area contributed by atoms with E-state index in [1.807, 2.05) is 0 Å². The van der Waals surface area contributed by atoms with Crippen LogP contribution in [0.25, 0.3) is 0 Å². The van der Waals surface area contributed by atoms with Crippen LogP contribution in [-0.2, 0) is 4.52 Å². The average Bonchev–Trinajstić information content (AvgIpc) is 1.41. The highest BCUT2D eigenvalue weighted by atomic mass is 127. The Kier molecular flexibility index (Phi) is 7.27. The maximum Gasteiger partial charge on any atom is 0.102 e. The molecule has 4 heteroatoms. The summed E-state index contributed by atoms with van der Waals surface area (Å²) in [6.07, 6.45) is 0. The predicted molar refractivity (Wildman–Crippen MR) is 38.0 cm³/mol. The van der Waals surface area contributed by atoms with Crippen LogP contribution in [-0.4, -0.2) is 4.61 Å². The van der Waals surface area contributed by atoms with E-state index in [1.165, 1.54) is 0 Å². The largest absolute Gasteiger partial charge is 0.348 e. The summed E-state index contributed by atoms with van der Waals surface area (Å²) >= 11 is 2.16. The van der Waals surface area contributed by atoms with Gasteiger partial charge in [-0.05, 0) is 0 Å². The molecule has 0 aliphatic carbocycles. The molecule has 32 valence electrons. The van der Waals surface area contributed by atoms with Crippen LogP contribution in [0.1, 0.15) is 0 Å². The fourth-order valence-corrected chi connectivity index (χ4v) is 1.90. The molecule has 5 heavy (non-hydrogen) atoms. The van der Waals surface area contributed by atoms with Gasteiger partial charge in [-0.3, -0.25) is 0 Å². The van der Waals surface area contributed by atoms with Crippen LogP contribution in [0.4, 0.5) is 0 Å². The molecular weight excluding hydrogens is 217 g/mol. The third-order valence-corrected chi connectivity index (χ3v) is 1.85. The highest BCUT2D eigenvalue weighted by Gasteiger charge is 1.65. The summed E-state index contributed by atoms with van der Waals surface area (Å²) in [5.74, 6) is 0. The Morgan fingerprint density at radius 1 is 2.00 bits per heavy atom. The van der Waals surface area contributed by atoms with Crippen LogP contribution in [0.3, 0.4) is 0 Å². The second-order valence-corrected chi connectivity index (χ2v) is 2.23. The van der Waals surface area contributed by atoms with E-state index in [2.05, 4.69) is 31.5 Å². The first kappa shape index (κ1) is 6.55. The Morgan fingerprint density at radius 2 is 2.60 bits per heavy atom. The fraction of sp³-hybridized carbons (Fsp3) is 1.00. The average molecular weight is 222 g/mol. The van der Waals surface area contributed by atoms with Crippen LogP contribution in [0, 0.1) is 0 Å². The Hall–Kier alpha value is 1.55. The molecular formula is CH5IOP2. The third kappa shape index (κ3) is 5.55. The van der Waals surface area contributed by atoms with E-state index >= 15 is 0 Å². The van der Waals surface area contributed by atoms with Gasteiger partial charge in [0.05, 0.1) is 0 Å². The summed E-state index contributed by atoms with van der Waals surface area (Å²) < 4.78 is 5.62. The molecule has 0 aromatic carbocycles. The number of hydrogen-bond acceptors (Lipinski definition) is 1. The van der Waals surface area contributed by atoms with Gasteiger partial charge in [0.25, 0.3) is 0 Å². The van der Waals surface area contributed by atoms with E-state index < -0.39 is 0 Å². The van der Waals surface area contributed by atoms with Gasteiger partial charge < -0.3 is 4.52 Å². The minimum atomic E-state index is 0.567. The molecule has 1 nitrogen and oxygen atoms in total. The van der Waals surface area contributed by atoms with E-state index in [4.69, 9.17) is 4.52 Å². The van der Waals surface area contributed by atoms with Gasteiger partial charge in [-0.1, -0.05) is 31.5 Å². The van der Waals surface area contributed by atoms with Gasteiger partial charge in [0.2, 0.25) is 0 Å². The van der Waals surface area contributed by atoms with E-state index in [1.54, 1.807) is 0 Å². The molecule has 0 saturated heterocycles. The van der Waals surface area contributed by atoms with Gasteiger partial charge in [-0.2, -0.15) is 0 Å². The maximum atomic E-state index is 4.81. The van der Waals surface area contributed by atoms with Crippen molar-refractivity contribution in [2.45, 2.75) is 0 Å². The van der Waals surface area contributed by atoms with Crippen LogP contribution in [0.2, 0.25) is 0 Å². The van der Waals surface area contributed by atoms with Crippen molar-refractivity contribution >= 4 is 40.0 Å². The lowest BCUT2D eigenvalue weighted by Gasteiger charge is -1.84. The smallest absolute Gasteiger partial charge is 0.102 e. The molecule has 0 fully saturated rings. The van der Waals surface area contributed by atoms with Crippen molar-refractivity contribution in [3.8, 4) is 0 Å². The highest BCUT2D eigenvalue weighted by molar-refractivity contribution is 14.1. The number of rotatable bonds is 2. The van der Waals surface area contributed by atoms with E-state index in [0.717, 1.165) is 4.61 Å². The van der Waals surface area contributed by atoms with Gasteiger partial charge in [0.15, 0.2) is 0 Å². The van der Waals surface area contributed by atoms with Crippen molar-refractivity contribution < 1.29 is 4.52 Å². The van der Waals surface area contributed by atoms with Crippen LogP contribution in [0.15, 0.2) is 0 Å². The second kappa shape index (κ2) is 5.55. The minimum absolute atomic E-state index is 0.567. The Balaban J connectivity index is 2.19. The predicted octanol–water partition coefficient (Wildman–Crippen LogP) is 1.78. The molecule has 2 unspecified atom stereocenters. The lowest BCUT2D eigenvalue weighted by Crippen LogP contribution is -1.58. The monoisotopic (exact) mass is 222 g/mol. The van der Waals surface area contributed by atoms with Crippen molar-refractivity contribution in [1.82, 2.24) is 0 Å². The molecule has 0 aromatic heterocycles. The van der Waals surface area contributed by atoms with Crippen molar-refractivity contribution in [2.24, 2.45) is 0 Å². The van der Waals surface area contributed by atoms with Gasteiger partial charge in [0, 0.05) is 8.50 Å². The molecule has 0 N–H and O–H groups in total. The Labute approximate surface area is 49.3 Å². The molecule has 0 aliphatic heterocycles. The lowest BCUT2D eigenvalue weighted by molar-refractivity contribution is 0.473. The molecule has 0 aliphatic rings. The molecule has 0 aromatic rings. The summed E-state index contributed by atoms with van der Waals surface area (Å²) in [5, 5.41) is 0. The summed E-state index contributed by atoms with van der Waals surface area (Å²) in [5.41, 5.74) is 0. The van der Waals surface area contributed by atoms with Gasteiger partial charge in [-0.25, -0.2) is 0 Å². The van der Waals surface area contributed by atoms with E-state index in [-0.39, 0.29) is 0 Å². The summed E-state index contributed by atoms with van der Waals surface area (Å²) in [6, 6.07) is 0. The molecule has 0 radical (unpaired) electrons. The standard InChI is InChI=1S/CH5IOP2/c2-1-3-5-4/h5H,1,4H2. The highest BCUT2D eigenvalue weighted by Crippen LogP contribution is 2.21. The molecule has 0 rings (SSSR count). The quantitative estimate of drug-likeness (QED) is 0.393. The first-order valence-electron chi connectivity index (χ1n) is 1.05. The van der Waals surface area contributed by atoms with Crippen molar-refractivity contribution in [1.29, 1.82) is 0 Å². The molecule has 0 heterocycles. The minimum Gasteiger partial charge on any atom is -0.348 e. The Bertz CT molecular complexity index is 17.1. The molecule has 0 amide bonds. The summed E-state index contributed by atoms with van der Waals surface area (Å²) in [4.78, 5) is 0. The molecule has 0 saturated carbocycles. The first-order valence-corrected chi connectivity index (χ1v) is 5.29.